The van der Waals surface area contributed by atoms with Crippen molar-refractivity contribution in [3.05, 3.63) is 65.2 Å². The quantitative estimate of drug-likeness (QED) is 0.910. The molecule has 21 heavy (non-hydrogen) atoms. The largest absolute Gasteiger partial charge is 0.478 e. The van der Waals surface area contributed by atoms with Gasteiger partial charge < -0.3 is 10.4 Å². The van der Waals surface area contributed by atoms with Crippen molar-refractivity contribution in [2.75, 3.05) is 5.32 Å². The Hall–Kier alpha value is -2.76. The number of carbonyl (C=O) groups excluding carboxylic acids is 1. The lowest BCUT2D eigenvalue weighted by Gasteiger charge is -2.08. The van der Waals surface area contributed by atoms with Crippen molar-refractivity contribution in [1.29, 1.82) is 0 Å². The van der Waals surface area contributed by atoms with Crippen molar-refractivity contribution in [2.24, 2.45) is 0 Å². The van der Waals surface area contributed by atoms with Crippen LogP contribution in [0.25, 0.3) is 0 Å². The monoisotopic (exact) mass is 291 g/mol. The number of hydrogen-bond donors (Lipinski definition) is 2. The van der Waals surface area contributed by atoms with Gasteiger partial charge in [0.2, 0.25) is 5.91 Å². The third-order valence-corrected chi connectivity index (χ3v) is 2.80. The van der Waals surface area contributed by atoms with Crippen molar-refractivity contribution >= 4 is 17.6 Å². The molecule has 0 unspecified atom stereocenters. The molecule has 108 valence electrons. The van der Waals surface area contributed by atoms with Gasteiger partial charge in [0.1, 0.15) is 11.6 Å². The summed E-state index contributed by atoms with van der Waals surface area (Å²) in [5.74, 6) is -3.24. The Balaban J connectivity index is 2.16. The van der Waals surface area contributed by atoms with E-state index >= 15 is 0 Å². The van der Waals surface area contributed by atoms with Crippen LogP contribution in [0.3, 0.4) is 0 Å². The average molecular weight is 291 g/mol. The van der Waals surface area contributed by atoms with Gasteiger partial charge in [-0.2, -0.15) is 0 Å². The lowest BCUT2D eigenvalue weighted by Crippen LogP contribution is -2.17. The van der Waals surface area contributed by atoms with E-state index in [4.69, 9.17) is 5.11 Å². The number of hydrogen-bond acceptors (Lipinski definition) is 2. The molecule has 4 nitrogen and oxygen atoms in total. The molecular formula is C15H11F2NO3. The highest BCUT2D eigenvalue weighted by atomic mass is 19.1. The van der Waals surface area contributed by atoms with Crippen LogP contribution in [-0.4, -0.2) is 17.0 Å². The topological polar surface area (TPSA) is 66.4 Å². The Bertz CT molecular complexity index is 701. The minimum absolute atomic E-state index is 0.00707. The van der Waals surface area contributed by atoms with Gasteiger partial charge in [-0.15, -0.1) is 0 Å². The van der Waals surface area contributed by atoms with E-state index < -0.39 is 23.5 Å². The zero-order valence-corrected chi connectivity index (χ0v) is 10.8. The second kappa shape index (κ2) is 6.13. The lowest BCUT2D eigenvalue weighted by molar-refractivity contribution is -0.115. The Morgan fingerprint density at radius 2 is 1.81 bits per heavy atom. The van der Waals surface area contributed by atoms with Crippen molar-refractivity contribution in [3.63, 3.8) is 0 Å². The van der Waals surface area contributed by atoms with Crippen LogP contribution in [0.2, 0.25) is 0 Å². The molecule has 0 radical (unpaired) electrons. The fourth-order valence-corrected chi connectivity index (χ4v) is 1.84. The minimum Gasteiger partial charge on any atom is -0.478 e. The van der Waals surface area contributed by atoms with Crippen LogP contribution >= 0.6 is 0 Å². The summed E-state index contributed by atoms with van der Waals surface area (Å²) in [6.45, 7) is 0. The summed E-state index contributed by atoms with van der Waals surface area (Å²) in [5, 5.41) is 11.2. The van der Waals surface area contributed by atoms with Crippen molar-refractivity contribution in [3.8, 4) is 0 Å². The van der Waals surface area contributed by atoms with Gasteiger partial charge in [0.05, 0.1) is 17.7 Å². The average Bonchev–Trinajstić information content (AvgIpc) is 2.43. The third-order valence-electron chi connectivity index (χ3n) is 2.80. The second-order valence-electron chi connectivity index (χ2n) is 4.31. The van der Waals surface area contributed by atoms with E-state index in [0.717, 1.165) is 18.2 Å². The number of carbonyl (C=O) groups is 2. The summed E-state index contributed by atoms with van der Waals surface area (Å²) in [7, 11) is 0. The van der Waals surface area contributed by atoms with E-state index in [1.165, 1.54) is 18.2 Å². The van der Waals surface area contributed by atoms with E-state index in [2.05, 4.69) is 5.32 Å². The first-order chi connectivity index (χ1) is 9.97. The summed E-state index contributed by atoms with van der Waals surface area (Å²) in [4.78, 5) is 22.8. The third kappa shape index (κ3) is 3.62. The standard InChI is InChI=1S/C15H11F2NO3/c16-10-5-6-12(17)13(8-10)18-14(19)7-9-3-1-2-4-11(9)15(20)21/h1-6,8H,7H2,(H,18,19)(H,20,21). The lowest BCUT2D eigenvalue weighted by atomic mass is 10.0. The van der Waals surface area contributed by atoms with Gasteiger partial charge in [0.25, 0.3) is 0 Å². The van der Waals surface area contributed by atoms with E-state index in [1.54, 1.807) is 6.07 Å². The Morgan fingerprint density at radius 1 is 1.10 bits per heavy atom. The van der Waals surface area contributed by atoms with Crippen LogP contribution in [0.15, 0.2) is 42.5 Å². The molecule has 0 fully saturated rings. The molecule has 0 saturated carbocycles. The number of rotatable bonds is 4. The highest BCUT2D eigenvalue weighted by Crippen LogP contribution is 2.16. The van der Waals surface area contributed by atoms with Crippen molar-refractivity contribution in [1.82, 2.24) is 0 Å². The number of nitrogens with one attached hydrogen (secondary N) is 1. The van der Waals surface area contributed by atoms with Crippen LogP contribution in [0.4, 0.5) is 14.5 Å². The molecule has 1 amide bonds. The highest BCUT2D eigenvalue weighted by molar-refractivity contribution is 5.96. The summed E-state index contributed by atoms with van der Waals surface area (Å²) in [6, 6.07) is 8.69. The zero-order chi connectivity index (χ0) is 15.4. The minimum atomic E-state index is -1.16. The first kappa shape index (κ1) is 14.6. The molecule has 0 bridgehead atoms. The molecule has 2 N–H and O–H groups in total. The summed E-state index contributed by atoms with van der Waals surface area (Å²) < 4.78 is 26.4. The Kier molecular flexibility index (Phi) is 4.27. The van der Waals surface area contributed by atoms with Gasteiger partial charge in [0.15, 0.2) is 0 Å². The fraction of sp³-hybridized carbons (Fsp3) is 0.0667. The smallest absolute Gasteiger partial charge is 0.335 e. The molecule has 2 aromatic rings. The molecule has 0 heterocycles. The number of aromatic carboxylic acids is 1. The molecule has 2 aromatic carbocycles. The van der Waals surface area contributed by atoms with E-state index in [1.807, 2.05) is 0 Å². The van der Waals surface area contributed by atoms with Gasteiger partial charge in [-0.1, -0.05) is 18.2 Å². The second-order valence-corrected chi connectivity index (χ2v) is 4.31. The fourth-order valence-electron chi connectivity index (χ4n) is 1.84. The molecule has 0 aliphatic rings. The maximum atomic E-state index is 13.4. The van der Waals surface area contributed by atoms with Crippen LogP contribution in [0.5, 0.6) is 0 Å². The Labute approximate surface area is 119 Å². The summed E-state index contributed by atoms with van der Waals surface area (Å²) in [6.07, 6.45) is -0.252. The predicted molar refractivity (Wildman–Crippen MR) is 72.1 cm³/mol. The molecule has 6 heteroatoms. The molecule has 0 aromatic heterocycles. The number of carboxylic acid groups (broad SMARTS) is 1. The predicted octanol–water partition coefficient (Wildman–Crippen LogP) is 2.84. The van der Waals surface area contributed by atoms with Gasteiger partial charge in [-0.3, -0.25) is 4.79 Å². The molecule has 0 atom stereocenters. The molecule has 0 aliphatic heterocycles. The molecule has 0 aliphatic carbocycles. The summed E-state index contributed by atoms with van der Waals surface area (Å²) in [5.41, 5.74) is -0.000480. The van der Waals surface area contributed by atoms with Gasteiger partial charge in [-0.05, 0) is 23.8 Å². The number of amides is 1. The zero-order valence-electron chi connectivity index (χ0n) is 10.8. The van der Waals surface area contributed by atoms with Crippen LogP contribution in [0.1, 0.15) is 15.9 Å². The number of benzene rings is 2. The molecule has 0 spiro atoms. The van der Waals surface area contributed by atoms with Gasteiger partial charge in [0, 0.05) is 6.07 Å². The SMILES string of the molecule is O=C(Cc1ccccc1C(=O)O)Nc1cc(F)ccc1F. The van der Waals surface area contributed by atoms with Crippen LogP contribution in [0, 0.1) is 11.6 Å². The normalized spacial score (nSPS) is 10.2. The van der Waals surface area contributed by atoms with Crippen LogP contribution in [-0.2, 0) is 11.2 Å². The number of halogens is 2. The van der Waals surface area contributed by atoms with Crippen LogP contribution < -0.4 is 5.32 Å². The van der Waals surface area contributed by atoms with Crippen molar-refractivity contribution < 1.29 is 23.5 Å². The molecule has 0 saturated heterocycles. The van der Waals surface area contributed by atoms with Crippen molar-refractivity contribution in [2.45, 2.75) is 6.42 Å². The highest BCUT2D eigenvalue weighted by Gasteiger charge is 2.14. The Morgan fingerprint density at radius 3 is 2.52 bits per heavy atom. The molecule has 2 rings (SSSR count). The number of carboxylic acids is 1. The first-order valence-electron chi connectivity index (χ1n) is 6.03. The van der Waals surface area contributed by atoms with E-state index in [9.17, 15) is 18.4 Å². The van der Waals surface area contributed by atoms with Gasteiger partial charge >= 0.3 is 5.97 Å². The maximum Gasteiger partial charge on any atom is 0.335 e. The van der Waals surface area contributed by atoms with E-state index in [0.29, 0.717) is 5.56 Å². The first-order valence-corrected chi connectivity index (χ1v) is 6.03. The summed E-state index contributed by atoms with van der Waals surface area (Å²) >= 11 is 0. The number of anilines is 1. The molecular weight excluding hydrogens is 280 g/mol. The maximum absolute atomic E-state index is 13.4. The van der Waals surface area contributed by atoms with E-state index in [-0.39, 0.29) is 17.7 Å². The van der Waals surface area contributed by atoms with Gasteiger partial charge in [-0.25, -0.2) is 13.6 Å².